The molecule has 0 spiro atoms. The molecule has 130 valence electrons. The SMILES string of the molecule is COC(=O)C[C@H]1C(=O)N(C)C(=O)[C@@H]1[C@@H]1C[C@H](C)CC[C@H]1C(C)C. The van der Waals surface area contributed by atoms with Crippen LogP contribution in [0.25, 0.3) is 0 Å². The monoisotopic (exact) mass is 323 g/mol. The number of carbonyl (C=O) groups excluding carboxylic acids is 3. The molecular formula is C18H29NO4. The Bertz CT molecular complexity index is 487. The van der Waals surface area contributed by atoms with Crippen LogP contribution < -0.4 is 0 Å². The van der Waals surface area contributed by atoms with Crippen molar-refractivity contribution in [2.45, 2.75) is 46.5 Å². The number of esters is 1. The molecule has 2 aliphatic rings. The lowest BCUT2D eigenvalue weighted by Crippen LogP contribution is -2.39. The fourth-order valence-corrected chi connectivity index (χ4v) is 4.55. The maximum atomic E-state index is 12.7. The highest BCUT2D eigenvalue weighted by Gasteiger charge is 2.52. The first kappa shape index (κ1) is 18.0. The molecule has 0 radical (unpaired) electrons. The summed E-state index contributed by atoms with van der Waals surface area (Å²) >= 11 is 0. The molecule has 0 N–H and O–H groups in total. The van der Waals surface area contributed by atoms with Gasteiger partial charge in [-0.15, -0.1) is 0 Å². The average Bonchev–Trinajstić information content (AvgIpc) is 2.71. The van der Waals surface area contributed by atoms with E-state index in [1.165, 1.54) is 25.5 Å². The second-order valence-electron chi connectivity index (χ2n) is 7.64. The molecule has 0 bridgehead atoms. The third kappa shape index (κ3) is 3.43. The number of carbonyl (C=O) groups is 3. The summed E-state index contributed by atoms with van der Waals surface area (Å²) in [6, 6.07) is 0. The molecule has 1 aliphatic heterocycles. The summed E-state index contributed by atoms with van der Waals surface area (Å²) in [5.41, 5.74) is 0. The van der Waals surface area contributed by atoms with Gasteiger partial charge in [-0.1, -0.05) is 27.2 Å². The Morgan fingerprint density at radius 3 is 2.48 bits per heavy atom. The molecule has 5 nitrogen and oxygen atoms in total. The van der Waals surface area contributed by atoms with Crippen LogP contribution in [0.4, 0.5) is 0 Å². The maximum Gasteiger partial charge on any atom is 0.306 e. The number of imide groups is 1. The second kappa shape index (κ2) is 7.02. The maximum absolute atomic E-state index is 12.7. The van der Waals surface area contributed by atoms with Crippen LogP contribution in [0, 0.1) is 35.5 Å². The molecule has 1 saturated heterocycles. The highest BCUT2D eigenvalue weighted by atomic mass is 16.5. The van der Waals surface area contributed by atoms with E-state index < -0.39 is 11.9 Å². The molecule has 5 heteroatoms. The fourth-order valence-electron chi connectivity index (χ4n) is 4.55. The predicted octanol–water partition coefficient (Wildman–Crippen LogP) is 2.49. The number of hydrogen-bond donors (Lipinski definition) is 0. The van der Waals surface area contributed by atoms with E-state index in [0.29, 0.717) is 17.8 Å². The van der Waals surface area contributed by atoms with E-state index in [0.717, 1.165) is 12.8 Å². The van der Waals surface area contributed by atoms with E-state index in [1.807, 2.05) is 0 Å². The number of hydrogen-bond acceptors (Lipinski definition) is 4. The van der Waals surface area contributed by atoms with Crippen molar-refractivity contribution in [3.05, 3.63) is 0 Å². The van der Waals surface area contributed by atoms with Crippen LogP contribution >= 0.6 is 0 Å². The van der Waals surface area contributed by atoms with Crippen molar-refractivity contribution in [2.24, 2.45) is 35.5 Å². The van der Waals surface area contributed by atoms with Crippen molar-refractivity contribution < 1.29 is 19.1 Å². The third-order valence-electron chi connectivity index (χ3n) is 5.85. The molecule has 5 atom stereocenters. The van der Waals surface area contributed by atoms with Crippen molar-refractivity contribution in [1.29, 1.82) is 0 Å². The second-order valence-corrected chi connectivity index (χ2v) is 7.64. The Morgan fingerprint density at radius 1 is 1.26 bits per heavy atom. The number of nitrogens with zero attached hydrogens (tertiary/aromatic N) is 1. The van der Waals surface area contributed by atoms with Gasteiger partial charge in [-0.05, 0) is 36.5 Å². The van der Waals surface area contributed by atoms with Crippen LogP contribution in [-0.2, 0) is 19.1 Å². The Hall–Kier alpha value is -1.39. The van der Waals surface area contributed by atoms with Gasteiger partial charge in [0, 0.05) is 7.05 Å². The molecule has 1 aliphatic carbocycles. The summed E-state index contributed by atoms with van der Waals surface area (Å²) in [4.78, 5) is 38.1. The van der Waals surface area contributed by atoms with E-state index in [-0.39, 0.29) is 30.1 Å². The summed E-state index contributed by atoms with van der Waals surface area (Å²) in [5, 5.41) is 0. The molecule has 2 rings (SSSR count). The molecule has 0 aromatic rings. The lowest BCUT2D eigenvalue weighted by Gasteiger charge is -2.41. The summed E-state index contributed by atoms with van der Waals surface area (Å²) < 4.78 is 4.74. The van der Waals surface area contributed by atoms with Crippen molar-refractivity contribution >= 4 is 17.8 Å². The minimum absolute atomic E-state index is 0.00573. The molecule has 2 fully saturated rings. The highest BCUT2D eigenvalue weighted by Crippen LogP contribution is 2.47. The van der Waals surface area contributed by atoms with Gasteiger partial charge >= 0.3 is 5.97 Å². The first-order chi connectivity index (χ1) is 10.8. The van der Waals surface area contributed by atoms with E-state index in [9.17, 15) is 14.4 Å². The summed E-state index contributed by atoms with van der Waals surface area (Å²) in [6.07, 6.45) is 3.23. The Labute approximate surface area is 138 Å². The largest absolute Gasteiger partial charge is 0.469 e. The molecule has 1 saturated carbocycles. The molecule has 23 heavy (non-hydrogen) atoms. The number of ether oxygens (including phenoxy) is 1. The van der Waals surface area contributed by atoms with Gasteiger partial charge < -0.3 is 4.74 Å². The summed E-state index contributed by atoms with van der Waals surface area (Å²) in [7, 11) is 2.85. The molecule has 0 unspecified atom stereocenters. The first-order valence-electron chi connectivity index (χ1n) is 8.66. The predicted molar refractivity (Wildman–Crippen MR) is 86.2 cm³/mol. The van der Waals surface area contributed by atoms with E-state index in [4.69, 9.17) is 4.74 Å². The molecule has 0 aromatic heterocycles. The normalized spacial score (nSPS) is 35.0. The standard InChI is InChI=1S/C18H29NO4/c1-10(2)12-7-6-11(3)8-13(12)16-14(9-15(20)23-5)17(21)19(4)18(16)22/h10-14,16H,6-9H2,1-5H3/t11-,12+,13-,14-,16-/m1/s1. The Balaban J connectivity index is 2.32. The summed E-state index contributed by atoms with van der Waals surface area (Å²) in [6.45, 7) is 6.59. The number of methoxy groups -OCH3 is 1. The van der Waals surface area contributed by atoms with Gasteiger partial charge in [0.2, 0.25) is 11.8 Å². The first-order valence-corrected chi connectivity index (χ1v) is 8.66. The smallest absolute Gasteiger partial charge is 0.306 e. The lowest BCUT2D eigenvalue weighted by molar-refractivity contribution is -0.145. The van der Waals surface area contributed by atoms with Gasteiger partial charge in [-0.2, -0.15) is 0 Å². The van der Waals surface area contributed by atoms with Gasteiger partial charge in [0.05, 0.1) is 25.4 Å². The zero-order valence-corrected chi connectivity index (χ0v) is 14.9. The Morgan fingerprint density at radius 2 is 1.91 bits per heavy atom. The van der Waals surface area contributed by atoms with Gasteiger partial charge in [0.25, 0.3) is 0 Å². The number of likely N-dealkylation sites (tertiary alicyclic amines) is 1. The topological polar surface area (TPSA) is 63.7 Å². The van der Waals surface area contributed by atoms with Crippen molar-refractivity contribution in [1.82, 2.24) is 4.90 Å². The molecular weight excluding hydrogens is 294 g/mol. The summed E-state index contributed by atoms with van der Waals surface area (Å²) in [5.74, 6) is -0.0588. The fraction of sp³-hybridized carbons (Fsp3) is 0.833. The Kier molecular flexibility index (Phi) is 5.48. The van der Waals surface area contributed by atoms with Gasteiger partial charge in [-0.3, -0.25) is 19.3 Å². The van der Waals surface area contributed by atoms with E-state index in [2.05, 4.69) is 20.8 Å². The van der Waals surface area contributed by atoms with Gasteiger partial charge in [0.1, 0.15) is 0 Å². The average molecular weight is 323 g/mol. The van der Waals surface area contributed by atoms with Crippen molar-refractivity contribution in [3.63, 3.8) is 0 Å². The van der Waals surface area contributed by atoms with Gasteiger partial charge in [0.15, 0.2) is 0 Å². The number of amides is 2. The van der Waals surface area contributed by atoms with E-state index >= 15 is 0 Å². The molecule has 2 amide bonds. The quantitative estimate of drug-likeness (QED) is 0.589. The molecule has 1 heterocycles. The van der Waals surface area contributed by atoms with Crippen LogP contribution in [0.5, 0.6) is 0 Å². The van der Waals surface area contributed by atoms with Crippen LogP contribution in [0.1, 0.15) is 46.5 Å². The minimum atomic E-state index is -0.559. The zero-order chi connectivity index (χ0) is 17.3. The third-order valence-corrected chi connectivity index (χ3v) is 5.85. The van der Waals surface area contributed by atoms with Crippen LogP contribution in [0.2, 0.25) is 0 Å². The lowest BCUT2D eigenvalue weighted by atomic mass is 9.63. The number of rotatable bonds is 4. The van der Waals surface area contributed by atoms with Crippen LogP contribution in [0.15, 0.2) is 0 Å². The van der Waals surface area contributed by atoms with Gasteiger partial charge in [-0.25, -0.2) is 0 Å². The minimum Gasteiger partial charge on any atom is -0.469 e. The zero-order valence-electron chi connectivity index (χ0n) is 14.9. The van der Waals surface area contributed by atoms with Crippen LogP contribution in [0.3, 0.4) is 0 Å². The van der Waals surface area contributed by atoms with Crippen molar-refractivity contribution in [3.8, 4) is 0 Å². The van der Waals surface area contributed by atoms with E-state index in [1.54, 1.807) is 0 Å². The molecule has 0 aromatic carbocycles. The van der Waals surface area contributed by atoms with Crippen LogP contribution in [-0.4, -0.2) is 36.8 Å². The van der Waals surface area contributed by atoms with Crippen molar-refractivity contribution in [2.75, 3.05) is 14.2 Å². The highest BCUT2D eigenvalue weighted by molar-refractivity contribution is 6.06.